The maximum atomic E-state index is 11.7. The van der Waals surface area contributed by atoms with Gasteiger partial charge in [-0.15, -0.1) is 0 Å². The van der Waals surface area contributed by atoms with Gasteiger partial charge in [0.15, 0.2) is 0 Å². The molecule has 1 saturated carbocycles. The summed E-state index contributed by atoms with van der Waals surface area (Å²) in [6, 6.07) is 0. The second-order valence-corrected chi connectivity index (χ2v) is 5.30. The number of fused-ring (bicyclic) bond motifs is 1. The lowest BCUT2D eigenvalue weighted by molar-refractivity contribution is -0.138. The van der Waals surface area contributed by atoms with Crippen LogP contribution in [0.4, 0.5) is 0 Å². The number of carbonyl (C=O) groups is 1. The molecule has 2 fully saturated rings. The van der Waals surface area contributed by atoms with E-state index in [0.29, 0.717) is 18.4 Å². The molecule has 4 atom stereocenters. The number of esters is 1. The molecule has 0 radical (unpaired) electrons. The zero-order valence-electron chi connectivity index (χ0n) is 10.6. The number of ether oxygens (including phenoxy) is 1. The van der Waals surface area contributed by atoms with Crippen LogP contribution in [0.2, 0.25) is 0 Å². The van der Waals surface area contributed by atoms with E-state index in [1.807, 2.05) is 6.92 Å². The molecule has 0 aromatic heterocycles. The zero-order valence-corrected chi connectivity index (χ0v) is 10.6. The highest BCUT2D eigenvalue weighted by atomic mass is 16.6. The average molecular weight is 252 g/mol. The van der Waals surface area contributed by atoms with Crippen molar-refractivity contribution in [3.8, 4) is 0 Å². The Balaban J connectivity index is 2.28. The van der Waals surface area contributed by atoms with Gasteiger partial charge in [0.1, 0.15) is 6.10 Å². The Morgan fingerprint density at radius 2 is 2.00 bits per heavy atom. The second kappa shape index (κ2) is 5.14. The molecule has 2 aliphatic rings. The molecule has 2 rings (SSSR count). The minimum absolute atomic E-state index is 0.176. The van der Waals surface area contributed by atoms with Gasteiger partial charge >= 0.3 is 5.97 Å². The summed E-state index contributed by atoms with van der Waals surface area (Å²) in [6.07, 6.45) is 2.98. The summed E-state index contributed by atoms with van der Waals surface area (Å²) in [5.74, 6) is -0.433. The SMILES string of the molecule is C=C1[C@H](C)CC[C@H](O)CC[C@@H]2/C(=C\O)C(=O)O[C@H]12. The summed E-state index contributed by atoms with van der Waals surface area (Å²) in [4.78, 5) is 11.7. The van der Waals surface area contributed by atoms with Crippen molar-refractivity contribution in [1.82, 2.24) is 0 Å². The number of hydrogen-bond acceptors (Lipinski definition) is 4. The van der Waals surface area contributed by atoms with Crippen LogP contribution < -0.4 is 0 Å². The molecular weight excluding hydrogens is 232 g/mol. The molecule has 0 amide bonds. The Morgan fingerprint density at radius 3 is 2.67 bits per heavy atom. The minimum Gasteiger partial charge on any atom is -0.515 e. The maximum absolute atomic E-state index is 11.7. The molecule has 0 spiro atoms. The first-order valence-corrected chi connectivity index (χ1v) is 6.46. The highest BCUT2D eigenvalue weighted by Crippen LogP contribution is 2.39. The van der Waals surface area contributed by atoms with Crippen LogP contribution in [0.25, 0.3) is 0 Å². The van der Waals surface area contributed by atoms with Crippen molar-refractivity contribution < 1.29 is 19.7 Å². The molecular formula is C14H20O4. The normalized spacial score (nSPS) is 39.8. The fraction of sp³-hybridized carbons (Fsp3) is 0.643. The molecule has 4 heteroatoms. The molecule has 18 heavy (non-hydrogen) atoms. The van der Waals surface area contributed by atoms with E-state index < -0.39 is 5.97 Å². The maximum Gasteiger partial charge on any atom is 0.338 e. The van der Waals surface area contributed by atoms with Gasteiger partial charge < -0.3 is 14.9 Å². The standard InChI is InChI=1S/C14H20O4/c1-8-3-4-10(16)5-6-11-12(7-15)14(17)18-13(11)9(8)2/h7-8,10-11,13,15-16H,2-6H2,1H3/b12-7+/t8-,10+,11-,13-/m1/s1. The van der Waals surface area contributed by atoms with E-state index in [1.54, 1.807) is 0 Å². The van der Waals surface area contributed by atoms with Gasteiger partial charge in [0, 0.05) is 5.92 Å². The summed E-state index contributed by atoms with van der Waals surface area (Å²) in [5, 5.41) is 19.0. The smallest absolute Gasteiger partial charge is 0.338 e. The third-order valence-electron chi connectivity index (χ3n) is 4.12. The van der Waals surface area contributed by atoms with Crippen LogP contribution in [0.1, 0.15) is 32.6 Å². The van der Waals surface area contributed by atoms with Gasteiger partial charge in [0.05, 0.1) is 17.9 Å². The monoisotopic (exact) mass is 252 g/mol. The van der Waals surface area contributed by atoms with Crippen molar-refractivity contribution in [2.45, 2.75) is 44.8 Å². The van der Waals surface area contributed by atoms with E-state index in [-0.39, 0.29) is 24.0 Å². The van der Waals surface area contributed by atoms with Gasteiger partial charge in [-0.25, -0.2) is 4.79 Å². The van der Waals surface area contributed by atoms with Crippen molar-refractivity contribution in [2.24, 2.45) is 11.8 Å². The third kappa shape index (κ3) is 2.29. The number of hydrogen-bond donors (Lipinski definition) is 2. The van der Waals surface area contributed by atoms with Crippen LogP contribution in [0.5, 0.6) is 0 Å². The molecule has 2 N–H and O–H groups in total. The predicted octanol–water partition coefficient (Wildman–Crippen LogP) is 2.10. The van der Waals surface area contributed by atoms with E-state index in [9.17, 15) is 15.0 Å². The Morgan fingerprint density at radius 1 is 1.33 bits per heavy atom. The lowest BCUT2D eigenvalue weighted by Crippen LogP contribution is -2.22. The Bertz CT molecular complexity index is 385. The quantitative estimate of drug-likeness (QED) is 0.300. The highest BCUT2D eigenvalue weighted by molar-refractivity contribution is 5.91. The van der Waals surface area contributed by atoms with Crippen LogP contribution >= 0.6 is 0 Å². The molecule has 1 heterocycles. The van der Waals surface area contributed by atoms with E-state index in [1.165, 1.54) is 0 Å². The van der Waals surface area contributed by atoms with Crippen LogP contribution in [-0.2, 0) is 9.53 Å². The molecule has 0 aromatic carbocycles. The van der Waals surface area contributed by atoms with Crippen LogP contribution in [0.3, 0.4) is 0 Å². The van der Waals surface area contributed by atoms with Gasteiger partial charge in [-0.05, 0) is 37.2 Å². The van der Waals surface area contributed by atoms with Crippen LogP contribution in [0, 0.1) is 11.8 Å². The van der Waals surface area contributed by atoms with Gasteiger partial charge in [0.25, 0.3) is 0 Å². The first-order valence-electron chi connectivity index (χ1n) is 6.46. The van der Waals surface area contributed by atoms with Crippen LogP contribution in [-0.4, -0.2) is 28.4 Å². The van der Waals surface area contributed by atoms with E-state index in [4.69, 9.17) is 4.74 Å². The highest BCUT2D eigenvalue weighted by Gasteiger charge is 2.43. The summed E-state index contributed by atoms with van der Waals surface area (Å²) in [7, 11) is 0. The number of aliphatic hydroxyl groups excluding tert-OH is 2. The molecule has 0 aromatic rings. The number of rotatable bonds is 0. The topological polar surface area (TPSA) is 66.8 Å². The fourth-order valence-electron chi connectivity index (χ4n) is 2.79. The first kappa shape index (κ1) is 13.1. The summed E-state index contributed by atoms with van der Waals surface area (Å²) < 4.78 is 5.33. The number of aliphatic hydroxyl groups is 2. The van der Waals surface area contributed by atoms with Crippen molar-refractivity contribution in [3.63, 3.8) is 0 Å². The van der Waals surface area contributed by atoms with Crippen molar-refractivity contribution in [2.75, 3.05) is 0 Å². The molecule has 1 aliphatic heterocycles. The van der Waals surface area contributed by atoms with Crippen LogP contribution in [0.15, 0.2) is 24.0 Å². The lowest BCUT2D eigenvalue weighted by Gasteiger charge is -2.22. The van der Waals surface area contributed by atoms with Gasteiger partial charge in [-0.2, -0.15) is 0 Å². The van der Waals surface area contributed by atoms with E-state index in [2.05, 4.69) is 6.58 Å². The summed E-state index contributed by atoms with van der Waals surface area (Å²) in [6.45, 7) is 6.08. The third-order valence-corrected chi connectivity index (χ3v) is 4.12. The predicted molar refractivity (Wildman–Crippen MR) is 66.9 cm³/mol. The summed E-state index contributed by atoms with van der Waals surface area (Å²) in [5.41, 5.74) is 1.20. The van der Waals surface area contributed by atoms with Gasteiger partial charge in [-0.3, -0.25) is 0 Å². The molecule has 0 bridgehead atoms. The van der Waals surface area contributed by atoms with Crippen molar-refractivity contribution in [3.05, 3.63) is 24.0 Å². The molecule has 0 unspecified atom stereocenters. The van der Waals surface area contributed by atoms with E-state index >= 15 is 0 Å². The van der Waals surface area contributed by atoms with Gasteiger partial charge in [-0.1, -0.05) is 13.5 Å². The average Bonchev–Trinajstić information content (AvgIpc) is 2.68. The van der Waals surface area contributed by atoms with E-state index in [0.717, 1.165) is 24.7 Å². The zero-order chi connectivity index (χ0) is 13.3. The molecule has 1 saturated heterocycles. The summed E-state index contributed by atoms with van der Waals surface area (Å²) >= 11 is 0. The molecule has 4 nitrogen and oxygen atoms in total. The van der Waals surface area contributed by atoms with Crippen molar-refractivity contribution in [1.29, 1.82) is 0 Å². The molecule has 1 aliphatic carbocycles. The van der Waals surface area contributed by atoms with Crippen molar-refractivity contribution >= 4 is 5.97 Å². The fourth-order valence-corrected chi connectivity index (χ4v) is 2.79. The second-order valence-electron chi connectivity index (χ2n) is 5.30. The number of carbonyl (C=O) groups excluding carboxylic acids is 1. The largest absolute Gasteiger partial charge is 0.515 e. The minimum atomic E-state index is -0.462. The lowest BCUT2D eigenvalue weighted by atomic mass is 9.85. The van der Waals surface area contributed by atoms with Gasteiger partial charge in [0.2, 0.25) is 0 Å². The first-order chi connectivity index (χ1) is 8.54. The molecule has 100 valence electrons. The Kier molecular flexibility index (Phi) is 3.76. The Labute approximate surface area is 107 Å². The Hall–Kier alpha value is -1.29.